The fraction of sp³-hybridized carbons (Fsp3) is 0.318. The van der Waals surface area contributed by atoms with Crippen molar-refractivity contribution in [1.29, 1.82) is 0 Å². The molecule has 0 spiro atoms. The summed E-state index contributed by atoms with van der Waals surface area (Å²) in [5.41, 5.74) is 2.61. The number of hydrogen-bond acceptors (Lipinski definition) is 4. The van der Waals surface area contributed by atoms with E-state index in [4.69, 9.17) is 4.42 Å². The lowest BCUT2D eigenvalue weighted by atomic mass is 10.1. The lowest BCUT2D eigenvalue weighted by molar-refractivity contribution is 0.0667. The molecule has 1 aromatic heterocycles. The second-order valence-electron chi connectivity index (χ2n) is 7.66. The summed E-state index contributed by atoms with van der Waals surface area (Å²) in [5, 5.41) is 0.564. The van der Waals surface area contributed by atoms with E-state index in [9.17, 15) is 17.6 Å². The van der Waals surface area contributed by atoms with Crippen LogP contribution in [-0.2, 0) is 10.0 Å². The van der Waals surface area contributed by atoms with Crippen molar-refractivity contribution in [1.82, 2.24) is 9.21 Å². The molecule has 1 aliphatic rings. The standard InChI is InChI=1S/C22H23FN2O4S/c1-14-4-5-15(2)20(12-14)30(27,28)25-10-8-24(9-11-25)22(26)21-16(3)18-13-17(23)6-7-19(18)29-21/h4-7,12-13H,8-11H2,1-3H3. The molecule has 2 aromatic carbocycles. The maximum absolute atomic E-state index is 13.5. The monoisotopic (exact) mass is 430 g/mol. The first-order chi connectivity index (χ1) is 14.2. The summed E-state index contributed by atoms with van der Waals surface area (Å²) in [4.78, 5) is 14.9. The summed E-state index contributed by atoms with van der Waals surface area (Å²) in [6, 6.07) is 9.50. The van der Waals surface area contributed by atoms with Crippen LogP contribution in [0.25, 0.3) is 11.0 Å². The third-order valence-electron chi connectivity index (χ3n) is 5.58. The van der Waals surface area contributed by atoms with Crippen LogP contribution < -0.4 is 0 Å². The van der Waals surface area contributed by atoms with Gasteiger partial charge in [-0.05, 0) is 56.2 Å². The average molecular weight is 431 g/mol. The van der Waals surface area contributed by atoms with E-state index in [0.717, 1.165) is 5.56 Å². The zero-order chi connectivity index (χ0) is 21.6. The zero-order valence-electron chi connectivity index (χ0n) is 17.1. The first-order valence-electron chi connectivity index (χ1n) is 9.74. The van der Waals surface area contributed by atoms with Gasteiger partial charge < -0.3 is 9.32 Å². The van der Waals surface area contributed by atoms with Crippen LogP contribution in [-0.4, -0.2) is 49.7 Å². The Hall–Kier alpha value is -2.71. The summed E-state index contributed by atoms with van der Waals surface area (Å²) < 4.78 is 46.8. The predicted octanol–water partition coefficient (Wildman–Crippen LogP) is 3.64. The summed E-state index contributed by atoms with van der Waals surface area (Å²) in [6.45, 7) is 6.28. The highest BCUT2D eigenvalue weighted by atomic mass is 32.2. The van der Waals surface area contributed by atoms with Crippen LogP contribution >= 0.6 is 0 Å². The lowest BCUT2D eigenvalue weighted by Crippen LogP contribution is -2.50. The van der Waals surface area contributed by atoms with Crippen molar-refractivity contribution in [3.8, 4) is 0 Å². The van der Waals surface area contributed by atoms with Crippen LogP contribution in [0.15, 0.2) is 45.7 Å². The molecule has 158 valence electrons. The molecule has 8 heteroatoms. The zero-order valence-corrected chi connectivity index (χ0v) is 17.9. The highest BCUT2D eigenvalue weighted by Crippen LogP contribution is 2.28. The molecule has 1 fully saturated rings. The van der Waals surface area contributed by atoms with Gasteiger partial charge in [-0.3, -0.25) is 4.79 Å². The number of sulfonamides is 1. The average Bonchev–Trinajstić information content (AvgIpc) is 3.05. The first kappa shape index (κ1) is 20.6. The van der Waals surface area contributed by atoms with Crippen LogP contribution in [0.2, 0.25) is 0 Å². The maximum Gasteiger partial charge on any atom is 0.289 e. The fourth-order valence-corrected chi connectivity index (χ4v) is 5.53. The molecule has 0 unspecified atom stereocenters. The number of hydrogen-bond donors (Lipinski definition) is 0. The lowest BCUT2D eigenvalue weighted by Gasteiger charge is -2.34. The first-order valence-corrected chi connectivity index (χ1v) is 11.2. The fourth-order valence-electron chi connectivity index (χ4n) is 3.80. The van der Waals surface area contributed by atoms with Crippen molar-refractivity contribution in [3.63, 3.8) is 0 Å². The van der Waals surface area contributed by atoms with Gasteiger partial charge in [0.25, 0.3) is 5.91 Å². The van der Waals surface area contributed by atoms with Gasteiger partial charge in [-0.25, -0.2) is 12.8 Å². The number of carbonyl (C=O) groups excluding carboxylic acids is 1. The minimum Gasteiger partial charge on any atom is -0.451 e. The van der Waals surface area contributed by atoms with Crippen LogP contribution in [0, 0.1) is 26.6 Å². The van der Waals surface area contributed by atoms with Crippen molar-refractivity contribution in [2.45, 2.75) is 25.7 Å². The Bertz CT molecular complexity index is 1240. The molecule has 0 bridgehead atoms. The summed E-state index contributed by atoms with van der Waals surface area (Å²) in [6.07, 6.45) is 0. The van der Waals surface area contributed by atoms with Crippen LogP contribution in [0.5, 0.6) is 0 Å². The molecule has 1 aliphatic heterocycles. The molecule has 1 amide bonds. The van der Waals surface area contributed by atoms with Crippen LogP contribution in [0.3, 0.4) is 0 Å². The minimum atomic E-state index is -3.63. The molecule has 0 aliphatic carbocycles. The highest BCUT2D eigenvalue weighted by molar-refractivity contribution is 7.89. The number of carbonyl (C=O) groups is 1. The molecule has 1 saturated heterocycles. The molecular weight excluding hydrogens is 407 g/mol. The third-order valence-corrected chi connectivity index (χ3v) is 7.62. The highest BCUT2D eigenvalue weighted by Gasteiger charge is 2.33. The SMILES string of the molecule is Cc1ccc(C)c(S(=O)(=O)N2CCN(C(=O)c3oc4ccc(F)cc4c3C)CC2)c1. The van der Waals surface area contributed by atoms with Crippen LogP contribution in [0.4, 0.5) is 4.39 Å². The molecular formula is C22H23FN2O4S. The van der Waals surface area contributed by atoms with Gasteiger partial charge in [0.15, 0.2) is 5.76 Å². The number of halogens is 1. The number of furan rings is 1. The Morgan fingerprint density at radius 2 is 1.70 bits per heavy atom. The predicted molar refractivity (Wildman–Crippen MR) is 111 cm³/mol. The van der Waals surface area contributed by atoms with Gasteiger partial charge in [0, 0.05) is 37.1 Å². The quantitative estimate of drug-likeness (QED) is 0.636. The number of aryl methyl sites for hydroxylation is 3. The van der Waals surface area contributed by atoms with Crippen molar-refractivity contribution < 1.29 is 22.0 Å². The molecule has 0 atom stereocenters. The normalized spacial score (nSPS) is 15.7. The third kappa shape index (κ3) is 3.50. The molecule has 0 radical (unpaired) electrons. The summed E-state index contributed by atoms with van der Waals surface area (Å²) in [7, 11) is -3.63. The Kier molecular flexibility index (Phi) is 5.15. The number of fused-ring (bicyclic) bond motifs is 1. The second-order valence-corrected chi connectivity index (χ2v) is 9.57. The number of rotatable bonds is 3. The molecule has 0 saturated carbocycles. The smallest absolute Gasteiger partial charge is 0.289 e. The van der Waals surface area contributed by atoms with Gasteiger partial charge >= 0.3 is 0 Å². The van der Waals surface area contributed by atoms with E-state index < -0.39 is 15.8 Å². The Labute approximate surface area is 174 Å². The summed E-state index contributed by atoms with van der Waals surface area (Å²) in [5.74, 6) is -0.537. The summed E-state index contributed by atoms with van der Waals surface area (Å²) >= 11 is 0. The number of amides is 1. The van der Waals surface area contributed by atoms with E-state index in [0.29, 0.717) is 27.0 Å². The van der Waals surface area contributed by atoms with E-state index in [1.165, 1.54) is 22.5 Å². The Balaban J connectivity index is 1.53. The van der Waals surface area contributed by atoms with Gasteiger partial charge in [0.05, 0.1) is 4.90 Å². The van der Waals surface area contributed by atoms with E-state index in [-0.39, 0.29) is 37.8 Å². The van der Waals surface area contributed by atoms with Crippen molar-refractivity contribution >= 4 is 26.9 Å². The molecule has 0 N–H and O–H groups in total. The van der Waals surface area contributed by atoms with Gasteiger partial charge in [-0.2, -0.15) is 4.31 Å². The van der Waals surface area contributed by atoms with Crippen molar-refractivity contribution in [3.05, 3.63) is 64.7 Å². The number of benzene rings is 2. The van der Waals surface area contributed by atoms with Gasteiger partial charge in [0.1, 0.15) is 11.4 Å². The number of piperazine rings is 1. The Morgan fingerprint density at radius 3 is 2.40 bits per heavy atom. The Morgan fingerprint density at radius 1 is 1.00 bits per heavy atom. The maximum atomic E-state index is 13.5. The molecule has 2 heterocycles. The topological polar surface area (TPSA) is 70.8 Å². The molecule has 30 heavy (non-hydrogen) atoms. The van der Waals surface area contributed by atoms with Crippen molar-refractivity contribution in [2.24, 2.45) is 0 Å². The van der Waals surface area contributed by atoms with Crippen molar-refractivity contribution in [2.75, 3.05) is 26.2 Å². The second kappa shape index (κ2) is 7.52. The van der Waals surface area contributed by atoms with E-state index in [1.54, 1.807) is 30.9 Å². The van der Waals surface area contributed by atoms with E-state index >= 15 is 0 Å². The molecule has 3 aromatic rings. The van der Waals surface area contributed by atoms with Gasteiger partial charge in [-0.15, -0.1) is 0 Å². The number of nitrogens with zero attached hydrogens (tertiary/aromatic N) is 2. The minimum absolute atomic E-state index is 0.168. The van der Waals surface area contributed by atoms with Crippen LogP contribution in [0.1, 0.15) is 27.2 Å². The molecule has 4 rings (SSSR count). The largest absolute Gasteiger partial charge is 0.451 e. The van der Waals surface area contributed by atoms with E-state index in [2.05, 4.69) is 0 Å². The molecule has 6 nitrogen and oxygen atoms in total. The van der Waals surface area contributed by atoms with E-state index in [1.807, 2.05) is 13.0 Å². The van der Waals surface area contributed by atoms with Gasteiger partial charge in [-0.1, -0.05) is 12.1 Å². The van der Waals surface area contributed by atoms with Gasteiger partial charge in [0.2, 0.25) is 10.0 Å².